The van der Waals surface area contributed by atoms with Crippen LogP contribution >= 0.6 is 15.9 Å². The number of aliphatic hydroxyl groups excluding tert-OH is 1. The summed E-state index contributed by atoms with van der Waals surface area (Å²) in [6.45, 7) is 0.163. The second kappa shape index (κ2) is 4.76. The van der Waals surface area contributed by atoms with E-state index in [1.165, 1.54) is 0 Å². The van der Waals surface area contributed by atoms with Crippen LogP contribution in [-0.2, 0) is 10.0 Å². The van der Waals surface area contributed by atoms with Gasteiger partial charge in [0.05, 0.1) is 6.10 Å². The molecule has 1 unspecified atom stereocenters. The number of hydrogen-bond donors (Lipinski definition) is 2. The first-order valence-corrected chi connectivity index (χ1v) is 7.48. The molecular formula is C10H12BrFN2O3S. The van der Waals surface area contributed by atoms with Gasteiger partial charge in [-0.05, 0) is 34.5 Å². The van der Waals surface area contributed by atoms with E-state index in [0.29, 0.717) is 10.9 Å². The summed E-state index contributed by atoms with van der Waals surface area (Å²) in [6, 6.07) is 2.11. The third-order valence-electron chi connectivity index (χ3n) is 2.80. The average molecular weight is 339 g/mol. The Morgan fingerprint density at radius 1 is 1.50 bits per heavy atom. The Labute approximate surface area is 113 Å². The maximum Gasteiger partial charge on any atom is 0.246 e. The molecule has 1 saturated heterocycles. The molecule has 1 atom stereocenters. The Balaban J connectivity index is 2.45. The van der Waals surface area contributed by atoms with Crippen LogP contribution in [0.2, 0.25) is 0 Å². The van der Waals surface area contributed by atoms with E-state index < -0.39 is 26.8 Å². The van der Waals surface area contributed by atoms with Gasteiger partial charge in [0.2, 0.25) is 10.0 Å². The molecule has 1 heterocycles. The molecule has 5 nitrogen and oxygen atoms in total. The first-order chi connectivity index (χ1) is 8.32. The van der Waals surface area contributed by atoms with Gasteiger partial charge in [0, 0.05) is 23.2 Å². The average Bonchev–Trinajstić information content (AvgIpc) is 2.70. The number of β-amino-alcohol motifs (C(OH)–C–C–N with tert-alkyl or cyclic N) is 1. The normalized spacial score (nSPS) is 21.4. The fraction of sp³-hybridized carbons (Fsp3) is 0.400. The van der Waals surface area contributed by atoms with Crippen molar-refractivity contribution in [2.45, 2.75) is 17.4 Å². The van der Waals surface area contributed by atoms with E-state index in [9.17, 15) is 17.9 Å². The number of hydrogen-bond acceptors (Lipinski definition) is 4. The summed E-state index contributed by atoms with van der Waals surface area (Å²) in [5, 5.41) is 9.35. The van der Waals surface area contributed by atoms with Gasteiger partial charge in [0.1, 0.15) is 10.7 Å². The minimum atomic E-state index is -3.94. The van der Waals surface area contributed by atoms with Crippen molar-refractivity contribution in [3.8, 4) is 0 Å². The summed E-state index contributed by atoms with van der Waals surface area (Å²) in [7, 11) is -3.94. The van der Waals surface area contributed by atoms with E-state index in [-0.39, 0.29) is 18.8 Å². The second-order valence-electron chi connectivity index (χ2n) is 4.11. The van der Waals surface area contributed by atoms with Crippen LogP contribution in [0.1, 0.15) is 6.42 Å². The van der Waals surface area contributed by atoms with Gasteiger partial charge in [-0.25, -0.2) is 12.8 Å². The molecule has 100 valence electrons. The maximum absolute atomic E-state index is 13.7. The Hall–Kier alpha value is -0.700. The van der Waals surface area contributed by atoms with Crippen molar-refractivity contribution < 1.29 is 17.9 Å². The Kier molecular flexibility index (Phi) is 3.63. The molecule has 18 heavy (non-hydrogen) atoms. The predicted octanol–water partition coefficient (Wildman–Crippen LogP) is 0.926. The van der Waals surface area contributed by atoms with Crippen molar-refractivity contribution in [3.63, 3.8) is 0 Å². The standard InChI is InChI=1S/C10H12BrFN2O3S/c11-7-3-8(12)10(4-9(7)13)18(16,17)14-2-1-6(15)5-14/h3-4,6,15H,1-2,5,13H2. The largest absolute Gasteiger partial charge is 0.398 e. The molecule has 0 aliphatic carbocycles. The van der Waals surface area contributed by atoms with Crippen LogP contribution in [0.25, 0.3) is 0 Å². The molecule has 1 fully saturated rings. The number of rotatable bonds is 2. The molecule has 1 aliphatic rings. The van der Waals surface area contributed by atoms with Crippen molar-refractivity contribution in [1.29, 1.82) is 0 Å². The summed E-state index contributed by atoms with van der Waals surface area (Å²) in [5.41, 5.74) is 5.71. The molecule has 0 radical (unpaired) electrons. The highest BCUT2D eigenvalue weighted by atomic mass is 79.9. The van der Waals surface area contributed by atoms with E-state index in [0.717, 1.165) is 16.4 Å². The highest BCUT2D eigenvalue weighted by molar-refractivity contribution is 9.10. The lowest BCUT2D eigenvalue weighted by Crippen LogP contribution is -2.30. The van der Waals surface area contributed by atoms with Gasteiger partial charge >= 0.3 is 0 Å². The zero-order chi connectivity index (χ0) is 13.5. The van der Waals surface area contributed by atoms with Crippen LogP contribution in [0, 0.1) is 5.82 Å². The molecule has 0 spiro atoms. The molecule has 0 saturated carbocycles. The fourth-order valence-electron chi connectivity index (χ4n) is 1.81. The smallest absolute Gasteiger partial charge is 0.246 e. The molecule has 2 rings (SSSR count). The van der Waals surface area contributed by atoms with Gasteiger partial charge in [0.25, 0.3) is 0 Å². The number of anilines is 1. The van der Waals surface area contributed by atoms with Crippen molar-refractivity contribution in [2.75, 3.05) is 18.8 Å². The van der Waals surface area contributed by atoms with Gasteiger partial charge in [0.15, 0.2) is 0 Å². The number of nitrogen functional groups attached to an aromatic ring is 1. The van der Waals surface area contributed by atoms with Crippen molar-refractivity contribution >= 4 is 31.6 Å². The van der Waals surface area contributed by atoms with Crippen molar-refractivity contribution in [2.24, 2.45) is 0 Å². The van der Waals surface area contributed by atoms with E-state index in [4.69, 9.17) is 5.73 Å². The molecule has 8 heteroatoms. The van der Waals surface area contributed by atoms with Gasteiger partial charge in [-0.15, -0.1) is 0 Å². The van der Waals surface area contributed by atoms with Gasteiger partial charge < -0.3 is 10.8 Å². The van der Waals surface area contributed by atoms with Crippen LogP contribution in [0.5, 0.6) is 0 Å². The van der Waals surface area contributed by atoms with E-state index in [1.807, 2.05) is 0 Å². The van der Waals surface area contributed by atoms with Crippen LogP contribution < -0.4 is 5.73 Å². The highest BCUT2D eigenvalue weighted by Gasteiger charge is 2.33. The summed E-state index contributed by atoms with van der Waals surface area (Å²) in [6.07, 6.45) is -0.344. The third-order valence-corrected chi connectivity index (χ3v) is 5.36. The van der Waals surface area contributed by atoms with Crippen LogP contribution in [0.3, 0.4) is 0 Å². The number of benzene rings is 1. The van der Waals surface area contributed by atoms with Gasteiger partial charge in [-0.3, -0.25) is 0 Å². The quantitative estimate of drug-likeness (QED) is 0.785. The monoisotopic (exact) mass is 338 g/mol. The van der Waals surface area contributed by atoms with E-state index in [2.05, 4.69) is 15.9 Å². The number of sulfonamides is 1. The predicted molar refractivity (Wildman–Crippen MR) is 67.9 cm³/mol. The number of nitrogens with two attached hydrogens (primary N) is 1. The van der Waals surface area contributed by atoms with Crippen LogP contribution in [0.15, 0.2) is 21.5 Å². The first kappa shape index (κ1) is 13.7. The second-order valence-corrected chi connectivity index (χ2v) is 6.87. The zero-order valence-corrected chi connectivity index (χ0v) is 11.7. The summed E-state index contributed by atoms with van der Waals surface area (Å²) in [4.78, 5) is -0.461. The summed E-state index contributed by atoms with van der Waals surface area (Å²) in [5.74, 6) is -0.863. The number of aliphatic hydroxyl groups is 1. The molecule has 0 amide bonds. The van der Waals surface area contributed by atoms with Crippen LogP contribution in [-0.4, -0.2) is 37.0 Å². The minimum Gasteiger partial charge on any atom is -0.398 e. The summed E-state index contributed by atoms with van der Waals surface area (Å²) < 4.78 is 39.4. The molecule has 1 aliphatic heterocycles. The SMILES string of the molecule is Nc1cc(S(=O)(=O)N2CCC(O)C2)c(F)cc1Br. The van der Waals surface area contributed by atoms with Crippen molar-refractivity contribution in [3.05, 3.63) is 22.4 Å². The zero-order valence-electron chi connectivity index (χ0n) is 9.31. The molecule has 1 aromatic carbocycles. The van der Waals surface area contributed by atoms with E-state index in [1.54, 1.807) is 0 Å². The Bertz CT molecular complexity index is 579. The minimum absolute atomic E-state index is 0.0161. The topological polar surface area (TPSA) is 83.6 Å². The van der Waals surface area contributed by atoms with Gasteiger partial charge in [-0.1, -0.05) is 0 Å². The summed E-state index contributed by atoms with van der Waals surface area (Å²) >= 11 is 3.03. The lowest BCUT2D eigenvalue weighted by molar-refractivity contribution is 0.189. The van der Waals surface area contributed by atoms with Gasteiger partial charge in [-0.2, -0.15) is 4.31 Å². The van der Waals surface area contributed by atoms with E-state index >= 15 is 0 Å². The number of halogens is 2. The lowest BCUT2D eigenvalue weighted by Gasteiger charge is -2.16. The van der Waals surface area contributed by atoms with Crippen molar-refractivity contribution in [1.82, 2.24) is 4.31 Å². The van der Waals surface area contributed by atoms with Crippen LogP contribution in [0.4, 0.5) is 10.1 Å². The molecule has 1 aromatic rings. The Morgan fingerprint density at radius 3 is 2.72 bits per heavy atom. The maximum atomic E-state index is 13.7. The Morgan fingerprint density at radius 2 is 2.17 bits per heavy atom. The lowest BCUT2D eigenvalue weighted by atomic mass is 10.3. The highest BCUT2D eigenvalue weighted by Crippen LogP contribution is 2.29. The fourth-order valence-corrected chi connectivity index (χ4v) is 3.70. The first-order valence-electron chi connectivity index (χ1n) is 5.25. The number of nitrogens with zero attached hydrogens (tertiary/aromatic N) is 1. The third kappa shape index (κ3) is 2.37. The molecular weight excluding hydrogens is 327 g/mol. The molecule has 0 aromatic heterocycles. The molecule has 0 bridgehead atoms. The molecule has 3 N–H and O–H groups in total.